The zero-order valence-corrected chi connectivity index (χ0v) is 15.8. The van der Waals surface area contributed by atoms with E-state index in [-0.39, 0.29) is 29.4 Å². The second-order valence-corrected chi connectivity index (χ2v) is 5.90. The van der Waals surface area contributed by atoms with Gasteiger partial charge in [-0.25, -0.2) is 0 Å². The molecule has 1 N–H and O–H groups in total. The molecule has 0 aliphatic carbocycles. The molecule has 0 fully saturated rings. The number of ether oxygens (including phenoxy) is 2. The summed E-state index contributed by atoms with van der Waals surface area (Å²) in [7, 11) is 2.73. The van der Waals surface area contributed by atoms with Gasteiger partial charge < -0.3 is 14.6 Å². The van der Waals surface area contributed by atoms with E-state index in [1.165, 1.54) is 62.8 Å². The van der Waals surface area contributed by atoms with Crippen LogP contribution in [0.2, 0.25) is 0 Å². The molecule has 0 spiro atoms. The molecule has 8 nitrogen and oxygen atoms in total. The molecule has 150 valence electrons. The van der Waals surface area contributed by atoms with Crippen LogP contribution >= 0.6 is 0 Å². The number of hydrogen-bond donors (Lipinski definition) is 1. The molecule has 0 aliphatic heterocycles. The number of nitrogens with zero attached hydrogens (tertiary/aromatic N) is 1. The Labute approximate surface area is 166 Å². The van der Waals surface area contributed by atoms with E-state index < -0.39 is 16.5 Å². The van der Waals surface area contributed by atoms with E-state index in [0.29, 0.717) is 11.1 Å². The maximum atomic E-state index is 12.0. The highest BCUT2D eigenvalue weighted by Gasteiger charge is 2.14. The molecule has 29 heavy (non-hydrogen) atoms. The van der Waals surface area contributed by atoms with Crippen molar-refractivity contribution in [1.29, 1.82) is 0 Å². The Balaban J connectivity index is 1.99. The number of allylic oxidation sites excluding steroid dienone is 2. The maximum Gasteiger partial charge on any atom is 0.310 e. The molecule has 0 unspecified atom stereocenters. The van der Waals surface area contributed by atoms with Gasteiger partial charge in [-0.2, -0.15) is 0 Å². The summed E-state index contributed by atoms with van der Waals surface area (Å²) < 4.78 is 9.96. The fourth-order valence-electron chi connectivity index (χ4n) is 2.41. The summed E-state index contributed by atoms with van der Waals surface area (Å²) in [5.41, 5.74) is 0.982. The lowest BCUT2D eigenvalue weighted by molar-refractivity contribution is -0.385. The zero-order chi connectivity index (χ0) is 21.4. The van der Waals surface area contributed by atoms with Gasteiger partial charge >= 0.3 is 5.69 Å². The fraction of sp³-hybridized carbons (Fsp3) is 0.143. The minimum absolute atomic E-state index is 0.0147. The van der Waals surface area contributed by atoms with Gasteiger partial charge in [-0.15, -0.1) is 0 Å². The first-order valence-electron chi connectivity index (χ1n) is 8.45. The van der Waals surface area contributed by atoms with Crippen LogP contribution in [-0.4, -0.2) is 35.8 Å². The highest BCUT2D eigenvalue weighted by Crippen LogP contribution is 2.28. The third kappa shape index (κ3) is 6.03. The van der Waals surface area contributed by atoms with Crippen molar-refractivity contribution in [2.75, 3.05) is 14.2 Å². The number of aromatic hydroxyl groups is 1. The number of phenolic OH excluding ortho intramolecular Hbond substituents is 1. The van der Waals surface area contributed by atoms with Gasteiger partial charge in [0.1, 0.15) is 0 Å². The molecular weight excluding hydrogens is 378 g/mol. The van der Waals surface area contributed by atoms with Crippen LogP contribution in [0.15, 0.2) is 48.6 Å². The third-order valence-corrected chi connectivity index (χ3v) is 3.88. The first-order chi connectivity index (χ1) is 13.8. The lowest BCUT2D eigenvalue weighted by atomic mass is 10.1. The van der Waals surface area contributed by atoms with E-state index in [1.807, 2.05) is 0 Å². The lowest BCUT2D eigenvalue weighted by Crippen LogP contribution is -2.02. The molecule has 0 heterocycles. The number of rotatable bonds is 9. The number of methoxy groups -OCH3 is 2. The van der Waals surface area contributed by atoms with Gasteiger partial charge in [0.25, 0.3) is 0 Å². The zero-order valence-electron chi connectivity index (χ0n) is 15.8. The maximum absolute atomic E-state index is 12.0. The van der Waals surface area contributed by atoms with Gasteiger partial charge in [-0.3, -0.25) is 19.7 Å². The number of benzene rings is 2. The Morgan fingerprint density at radius 3 is 2.00 bits per heavy atom. The van der Waals surface area contributed by atoms with Gasteiger partial charge in [0.15, 0.2) is 28.8 Å². The number of carbonyl (C=O) groups is 2. The summed E-state index contributed by atoms with van der Waals surface area (Å²) >= 11 is 0. The van der Waals surface area contributed by atoms with Crippen molar-refractivity contribution >= 4 is 29.4 Å². The largest absolute Gasteiger partial charge is 0.504 e. The second kappa shape index (κ2) is 9.84. The van der Waals surface area contributed by atoms with Gasteiger partial charge in [-0.1, -0.05) is 18.2 Å². The van der Waals surface area contributed by atoms with Crippen molar-refractivity contribution in [3.05, 3.63) is 69.8 Å². The number of nitro benzene ring substituents is 1. The summed E-state index contributed by atoms with van der Waals surface area (Å²) in [4.78, 5) is 34.3. The number of hydrogen-bond acceptors (Lipinski definition) is 7. The molecule has 2 aromatic rings. The Hall–Kier alpha value is -3.94. The van der Waals surface area contributed by atoms with Crippen molar-refractivity contribution in [2.24, 2.45) is 0 Å². The van der Waals surface area contributed by atoms with Crippen LogP contribution in [0.5, 0.6) is 17.2 Å². The number of phenols is 1. The minimum atomic E-state index is -0.563. The van der Waals surface area contributed by atoms with E-state index in [0.717, 1.165) is 0 Å². The van der Waals surface area contributed by atoms with Crippen LogP contribution in [0.4, 0.5) is 5.69 Å². The average molecular weight is 397 g/mol. The number of nitro groups is 1. The Morgan fingerprint density at radius 1 is 0.966 bits per heavy atom. The van der Waals surface area contributed by atoms with Crippen molar-refractivity contribution in [3.8, 4) is 17.2 Å². The molecule has 0 saturated carbocycles. The molecule has 0 aliphatic rings. The van der Waals surface area contributed by atoms with Gasteiger partial charge in [0, 0.05) is 6.07 Å². The van der Waals surface area contributed by atoms with Gasteiger partial charge in [0.2, 0.25) is 0 Å². The highest BCUT2D eigenvalue weighted by molar-refractivity contribution is 6.10. The van der Waals surface area contributed by atoms with Crippen LogP contribution < -0.4 is 9.47 Å². The van der Waals surface area contributed by atoms with Crippen molar-refractivity contribution in [3.63, 3.8) is 0 Å². The van der Waals surface area contributed by atoms with Gasteiger partial charge in [-0.05, 0) is 47.5 Å². The average Bonchev–Trinajstić information content (AvgIpc) is 2.71. The summed E-state index contributed by atoms with van der Waals surface area (Å²) in [5.74, 6) is -0.475. The summed E-state index contributed by atoms with van der Waals surface area (Å²) in [6.45, 7) is 0. The molecule has 0 aromatic heterocycles. The Bertz CT molecular complexity index is 993. The predicted molar refractivity (Wildman–Crippen MR) is 107 cm³/mol. The summed E-state index contributed by atoms with van der Waals surface area (Å²) in [5, 5.41) is 20.4. The van der Waals surface area contributed by atoms with E-state index in [2.05, 4.69) is 0 Å². The third-order valence-electron chi connectivity index (χ3n) is 3.88. The summed E-state index contributed by atoms with van der Waals surface area (Å²) in [6.07, 6.45) is 5.15. The molecule has 2 rings (SSSR count). The van der Waals surface area contributed by atoms with Crippen molar-refractivity contribution in [2.45, 2.75) is 6.42 Å². The van der Waals surface area contributed by atoms with E-state index in [1.54, 1.807) is 12.1 Å². The van der Waals surface area contributed by atoms with Gasteiger partial charge in [0.05, 0.1) is 25.6 Å². The minimum Gasteiger partial charge on any atom is -0.504 e. The van der Waals surface area contributed by atoms with Crippen LogP contribution in [0.1, 0.15) is 17.5 Å². The first-order valence-corrected chi connectivity index (χ1v) is 8.45. The van der Waals surface area contributed by atoms with Crippen LogP contribution in [0, 0.1) is 10.1 Å². The normalized spacial score (nSPS) is 11.0. The highest BCUT2D eigenvalue weighted by atomic mass is 16.6. The molecule has 8 heteroatoms. The SMILES string of the molecule is COc1cc(/C=C/C(=O)CC(=O)/C=C/c2ccc([N+](=O)[O-])c(OC)c2)ccc1O. The Morgan fingerprint density at radius 2 is 1.48 bits per heavy atom. The molecule has 0 saturated heterocycles. The topological polar surface area (TPSA) is 116 Å². The number of carbonyl (C=O) groups excluding carboxylic acids is 2. The first kappa shape index (κ1) is 21.4. The molecule has 0 radical (unpaired) electrons. The summed E-state index contributed by atoms with van der Waals surface area (Å²) in [6, 6.07) is 8.79. The molecule has 2 aromatic carbocycles. The quantitative estimate of drug-likeness (QED) is 0.297. The van der Waals surface area contributed by atoms with Crippen LogP contribution in [0.3, 0.4) is 0 Å². The fourth-order valence-corrected chi connectivity index (χ4v) is 2.41. The monoisotopic (exact) mass is 397 g/mol. The predicted octanol–water partition coefficient (Wildman–Crippen LogP) is 3.57. The van der Waals surface area contributed by atoms with Crippen LogP contribution in [0.25, 0.3) is 12.2 Å². The Kier molecular flexibility index (Phi) is 7.25. The standard InChI is InChI=1S/C21H19NO7/c1-28-20-11-14(5-9-18(20)22(26)27)3-7-16(23)13-17(24)8-4-15-6-10-19(25)21(12-15)29-2/h3-12,25H,13H2,1-2H3/b7-3+,8-4+. The molecule has 0 amide bonds. The second-order valence-electron chi connectivity index (χ2n) is 5.90. The van der Waals surface area contributed by atoms with E-state index in [4.69, 9.17) is 9.47 Å². The van der Waals surface area contributed by atoms with E-state index >= 15 is 0 Å². The van der Waals surface area contributed by atoms with Crippen LogP contribution in [-0.2, 0) is 9.59 Å². The van der Waals surface area contributed by atoms with Crippen molar-refractivity contribution in [1.82, 2.24) is 0 Å². The number of ketones is 2. The van der Waals surface area contributed by atoms with E-state index in [9.17, 15) is 24.8 Å². The molecule has 0 bridgehead atoms. The molecule has 0 atom stereocenters. The smallest absolute Gasteiger partial charge is 0.310 e. The lowest BCUT2D eigenvalue weighted by Gasteiger charge is -2.03. The van der Waals surface area contributed by atoms with Crippen molar-refractivity contribution < 1.29 is 29.1 Å². The molecular formula is C21H19NO7.